The zero-order chi connectivity index (χ0) is 22.4. The average molecular weight is 482 g/mol. The van der Waals surface area contributed by atoms with Gasteiger partial charge in [0, 0.05) is 42.3 Å². The molecular formula is C23H24BrN5O2. The SMILES string of the molecule is CCCCc1nc2ccc(Br)cc2c(=O)n1N=Cc1ccc(N(C)C)cc1OCC#N. The third-order valence-electron chi connectivity index (χ3n) is 4.75. The molecule has 0 amide bonds. The van der Waals surface area contributed by atoms with Gasteiger partial charge in [-0.1, -0.05) is 29.3 Å². The first-order valence-corrected chi connectivity index (χ1v) is 10.8. The standard InChI is InChI=1S/C23H24BrN5O2/c1-4-5-6-22-27-20-10-8-17(24)13-19(20)23(30)29(22)26-15-16-7-9-18(28(2)3)14-21(16)31-12-11-25/h7-10,13-15H,4-6,12H2,1-3H3. The van der Waals surface area contributed by atoms with E-state index >= 15 is 0 Å². The number of rotatable bonds is 8. The van der Waals surface area contributed by atoms with Crippen LogP contribution in [-0.2, 0) is 6.42 Å². The minimum atomic E-state index is -0.224. The molecule has 0 aliphatic carbocycles. The predicted molar refractivity (Wildman–Crippen MR) is 127 cm³/mol. The lowest BCUT2D eigenvalue weighted by Gasteiger charge is -2.15. The third kappa shape index (κ3) is 5.30. The highest BCUT2D eigenvalue weighted by atomic mass is 79.9. The number of hydrogen-bond acceptors (Lipinski definition) is 6. The molecule has 31 heavy (non-hydrogen) atoms. The van der Waals surface area contributed by atoms with Crippen LogP contribution in [0, 0.1) is 11.3 Å². The molecule has 0 unspecified atom stereocenters. The summed E-state index contributed by atoms with van der Waals surface area (Å²) in [5, 5.41) is 13.9. The van der Waals surface area contributed by atoms with Crippen LogP contribution >= 0.6 is 15.9 Å². The zero-order valence-corrected chi connectivity index (χ0v) is 19.4. The first kappa shape index (κ1) is 22.5. The van der Waals surface area contributed by atoms with Gasteiger partial charge in [0.15, 0.2) is 6.61 Å². The van der Waals surface area contributed by atoms with Gasteiger partial charge in [-0.05, 0) is 36.8 Å². The maximum Gasteiger partial charge on any atom is 0.282 e. The fourth-order valence-electron chi connectivity index (χ4n) is 3.07. The molecule has 0 bridgehead atoms. The van der Waals surface area contributed by atoms with Crippen LogP contribution in [0.4, 0.5) is 5.69 Å². The number of ether oxygens (including phenoxy) is 1. The quantitative estimate of drug-likeness (QED) is 0.446. The summed E-state index contributed by atoms with van der Waals surface area (Å²) in [6.45, 7) is 2.01. The van der Waals surface area contributed by atoms with Gasteiger partial charge < -0.3 is 9.64 Å². The number of unbranched alkanes of at least 4 members (excludes halogenated alkanes) is 1. The van der Waals surface area contributed by atoms with Gasteiger partial charge in [0.1, 0.15) is 17.6 Å². The van der Waals surface area contributed by atoms with Crippen molar-refractivity contribution < 1.29 is 4.74 Å². The second-order valence-corrected chi connectivity index (χ2v) is 8.13. The van der Waals surface area contributed by atoms with Gasteiger partial charge in [-0.2, -0.15) is 15.0 Å². The van der Waals surface area contributed by atoms with Gasteiger partial charge in [0.2, 0.25) is 0 Å². The number of halogens is 1. The summed E-state index contributed by atoms with van der Waals surface area (Å²) in [6, 6.07) is 13.1. The molecule has 1 heterocycles. The Morgan fingerprint density at radius 3 is 2.81 bits per heavy atom. The summed E-state index contributed by atoms with van der Waals surface area (Å²) in [5.74, 6) is 1.14. The largest absolute Gasteiger partial charge is 0.478 e. The van der Waals surface area contributed by atoms with Gasteiger partial charge in [0.25, 0.3) is 5.56 Å². The fourth-order valence-corrected chi connectivity index (χ4v) is 3.43. The smallest absolute Gasteiger partial charge is 0.282 e. The molecule has 0 spiro atoms. The highest BCUT2D eigenvalue weighted by Gasteiger charge is 2.12. The maximum atomic E-state index is 13.2. The molecule has 3 rings (SSSR count). The summed E-state index contributed by atoms with van der Waals surface area (Å²) in [4.78, 5) is 19.8. The van der Waals surface area contributed by atoms with Crippen molar-refractivity contribution in [2.24, 2.45) is 5.10 Å². The second kappa shape index (κ2) is 10.2. The van der Waals surface area contributed by atoms with E-state index in [0.29, 0.717) is 34.5 Å². The Bertz CT molecular complexity index is 1210. The summed E-state index contributed by atoms with van der Waals surface area (Å²) >= 11 is 3.42. The van der Waals surface area contributed by atoms with E-state index in [0.717, 1.165) is 23.0 Å². The molecule has 2 aromatic carbocycles. The molecule has 160 valence electrons. The van der Waals surface area contributed by atoms with Gasteiger partial charge >= 0.3 is 0 Å². The fraction of sp³-hybridized carbons (Fsp3) is 0.304. The number of nitrogens with zero attached hydrogens (tertiary/aromatic N) is 5. The topological polar surface area (TPSA) is 83.5 Å². The number of aryl methyl sites for hydroxylation is 1. The maximum absolute atomic E-state index is 13.2. The predicted octanol–water partition coefficient (Wildman–Crippen LogP) is 4.35. The second-order valence-electron chi connectivity index (χ2n) is 7.22. The lowest BCUT2D eigenvalue weighted by Crippen LogP contribution is -2.22. The number of nitriles is 1. The summed E-state index contributed by atoms with van der Waals surface area (Å²) < 4.78 is 7.76. The molecule has 3 aromatic rings. The Hall–Kier alpha value is -3.18. The van der Waals surface area contributed by atoms with Crippen LogP contribution in [-0.4, -0.2) is 36.6 Å². The number of hydrogen-bond donors (Lipinski definition) is 0. The molecule has 1 aromatic heterocycles. The van der Waals surface area contributed by atoms with E-state index in [2.05, 4.69) is 32.9 Å². The number of anilines is 1. The normalized spacial score (nSPS) is 11.1. The van der Waals surface area contributed by atoms with E-state index < -0.39 is 0 Å². The summed E-state index contributed by atoms with van der Waals surface area (Å²) in [6.07, 6.45) is 4.11. The third-order valence-corrected chi connectivity index (χ3v) is 5.24. The summed E-state index contributed by atoms with van der Waals surface area (Å²) in [5.41, 5.74) is 2.03. The van der Waals surface area contributed by atoms with E-state index in [9.17, 15) is 4.79 Å². The minimum absolute atomic E-state index is 0.0784. The van der Waals surface area contributed by atoms with Crippen molar-refractivity contribution in [3.63, 3.8) is 0 Å². The first-order valence-electron chi connectivity index (χ1n) is 10.0. The van der Waals surface area contributed by atoms with Crippen molar-refractivity contribution in [3.8, 4) is 11.8 Å². The van der Waals surface area contributed by atoms with Gasteiger partial charge in [-0.3, -0.25) is 4.79 Å². The Balaban J connectivity index is 2.10. The molecule has 0 aliphatic heterocycles. The van der Waals surface area contributed by atoms with Crippen LogP contribution in [0.3, 0.4) is 0 Å². The van der Waals surface area contributed by atoms with Crippen LogP contribution in [0.1, 0.15) is 31.2 Å². The van der Waals surface area contributed by atoms with Crippen molar-refractivity contribution >= 4 is 38.7 Å². The van der Waals surface area contributed by atoms with Gasteiger partial charge in [-0.25, -0.2) is 4.98 Å². The van der Waals surface area contributed by atoms with E-state index in [1.54, 1.807) is 12.3 Å². The molecule has 0 saturated carbocycles. The molecule has 0 fully saturated rings. The van der Waals surface area contributed by atoms with Crippen molar-refractivity contribution in [2.45, 2.75) is 26.2 Å². The molecule has 0 N–H and O–H groups in total. The molecule has 0 atom stereocenters. The minimum Gasteiger partial charge on any atom is -0.478 e. The number of aromatic nitrogens is 2. The van der Waals surface area contributed by atoms with Crippen molar-refractivity contribution in [1.82, 2.24) is 9.66 Å². The highest BCUT2D eigenvalue weighted by Crippen LogP contribution is 2.24. The van der Waals surface area contributed by atoms with E-state index in [1.807, 2.05) is 55.4 Å². The van der Waals surface area contributed by atoms with Crippen LogP contribution in [0.25, 0.3) is 10.9 Å². The van der Waals surface area contributed by atoms with Crippen LogP contribution in [0.5, 0.6) is 5.75 Å². The molecule has 0 aliphatic rings. The Labute approximate surface area is 189 Å². The number of fused-ring (bicyclic) bond motifs is 1. The van der Waals surface area contributed by atoms with Crippen LogP contribution in [0.2, 0.25) is 0 Å². The van der Waals surface area contributed by atoms with Crippen molar-refractivity contribution in [3.05, 3.63) is 62.6 Å². The average Bonchev–Trinajstić information content (AvgIpc) is 2.76. The van der Waals surface area contributed by atoms with Crippen LogP contribution < -0.4 is 15.2 Å². The monoisotopic (exact) mass is 481 g/mol. The first-order chi connectivity index (χ1) is 14.9. The van der Waals surface area contributed by atoms with Crippen LogP contribution in [0.15, 0.2) is 50.8 Å². The Kier molecular flexibility index (Phi) is 7.42. The molecular weight excluding hydrogens is 458 g/mol. The lowest BCUT2D eigenvalue weighted by molar-refractivity contribution is 0.367. The lowest BCUT2D eigenvalue weighted by atomic mass is 10.2. The molecule has 0 radical (unpaired) electrons. The Morgan fingerprint density at radius 1 is 1.29 bits per heavy atom. The van der Waals surface area contributed by atoms with E-state index in [1.165, 1.54) is 4.68 Å². The molecule has 7 nitrogen and oxygen atoms in total. The van der Waals surface area contributed by atoms with Crippen molar-refractivity contribution in [2.75, 3.05) is 25.6 Å². The molecule has 8 heteroatoms. The van der Waals surface area contributed by atoms with Gasteiger partial charge in [-0.15, -0.1) is 0 Å². The van der Waals surface area contributed by atoms with Crippen molar-refractivity contribution in [1.29, 1.82) is 5.26 Å². The Morgan fingerprint density at radius 2 is 2.10 bits per heavy atom. The number of benzene rings is 2. The van der Waals surface area contributed by atoms with E-state index in [-0.39, 0.29) is 12.2 Å². The van der Waals surface area contributed by atoms with E-state index in [4.69, 9.17) is 10.00 Å². The zero-order valence-electron chi connectivity index (χ0n) is 17.8. The highest BCUT2D eigenvalue weighted by molar-refractivity contribution is 9.10. The summed E-state index contributed by atoms with van der Waals surface area (Å²) in [7, 11) is 3.85. The van der Waals surface area contributed by atoms with Gasteiger partial charge in [0.05, 0.1) is 17.1 Å². The molecule has 0 saturated heterocycles.